The lowest BCUT2D eigenvalue weighted by molar-refractivity contribution is 0.282. The zero-order valence-corrected chi connectivity index (χ0v) is 10.9. The molecule has 2 nitrogen and oxygen atoms in total. The zero-order chi connectivity index (χ0) is 13.7. The maximum absolute atomic E-state index is 12.9. The highest BCUT2D eigenvalue weighted by atomic mass is 19.1. The molecule has 0 aliphatic rings. The third-order valence-corrected chi connectivity index (χ3v) is 3.16. The van der Waals surface area contributed by atoms with Crippen molar-refractivity contribution < 1.29 is 9.50 Å². The van der Waals surface area contributed by atoms with E-state index in [4.69, 9.17) is 5.11 Å². The van der Waals surface area contributed by atoms with E-state index >= 15 is 0 Å². The van der Waals surface area contributed by atoms with E-state index in [1.165, 1.54) is 12.1 Å². The molecule has 2 rings (SSSR count). The Hall–Kier alpha value is -1.87. The van der Waals surface area contributed by atoms with Crippen molar-refractivity contribution in [3.05, 3.63) is 65.5 Å². The molecule has 0 spiro atoms. The lowest BCUT2D eigenvalue weighted by Crippen LogP contribution is -2.09. The summed E-state index contributed by atoms with van der Waals surface area (Å²) in [7, 11) is 0. The van der Waals surface area contributed by atoms with E-state index in [9.17, 15) is 4.39 Å². The van der Waals surface area contributed by atoms with Gasteiger partial charge in [0.2, 0.25) is 0 Å². The summed E-state index contributed by atoms with van der Waals surface area (Å²) in [5, 5.41) is 12.4. The van der Waals surface area contributed by atoms with Crippen molar-refractivity contribution in [3.63, 3.8) is 0 Å². The van der Waals surface area contributed by atoms with E-state index in [2.05, 4.69) is 12.2 Å². The fraction of sp³-hybridized carbons (Fsp3) is 0.250. The van der Waals surface area contributed by atoms with Crippen molar-refractivity contribution >= 4 is 5.69 Å². The van der Waals surface area contributed by atoms with E-state index in [0.29, 0.717) is 0 Å². The Labute approximate surface area is 112 Å². The summed E-state index contributed by atoms with van der Waals surface area (Å²) in [6, 6.07) is 14.4. The van der Waals surface area contributed by atoms with Crippen LogP contribution in [0, 0.1) is 5.82 Å². The van der Waals surface area contributed by atoms with Crippen molar-refractivity contribution in [2.45, 2.75) is 26.0 Å². The molecule has 0 saturated carbocycles. The minimum Gasteiger partial charge on any atom is -0.392 e. The molecule has 3 heteroatoms. The van der Waals surface area contributed by atoms with Crippen LogP contribution in [0.25, 0.3) is 0 Å². The molecule has 2 aromatic carbocycles. The van der Waals surface area contributed by atoms with Crippen LogP contribution in [0.2, 0.25) is 0 Å². The van der Waals surface area contributed by atoms with Gasteiger partial charge in [0.15, 0.2) is 0 Å². The molecule has 0 amide bonds. The van der Waals surface area contributed by atoms with Crippen molar-refractivity contribution in [2.75, 3.05) is 5.32 Å². The molecular formula is C16H18FNO. The van der Waals surface area contributed by atoms with Crippen LogP contribution in [0.1, 0.15) is 30.5 Å². The minimum absolute atomic E-state index is 0.0510. The molecule has 2 N–H and O–H groups in total. The number of aliphatic hydroxyl groups excluding tert-OH is 1. The van der Waals surface area contributed by atoms with Crippen LogP contribution in [0.3, 0.4) is 0 Å². The number of nitrogens with one attached hydrogen (secondary N) is 1. The zero-order valence-electron chi connectivity index (χ0n) is 10.9. The van der Waals surface area contributed by atoms with Gasteiger partial charge in [0.25, 0.3) is 0 Å². The average Bonchev–Trinajstić information content (AvgIpc) is 2.46. The maximum Gasteiger partial charge on any atom is 0.123 e. The standard InChI is InChI=1S/C16H18FNO/c1-2-16(13-5-7-14(17)8-6-13)18-15-9-3-12(11-19)4-10-15/h3-10,16,18-19H,2,11H2,1H3. The van der Waals surface area contributed by atoms with Gasteiger partial charge in [-0.25, -0.2) is 4.39 Å². The van der Waals surface area contributed by atoms with Crippen LogP contribution in [0.5, 0.6) is 0 Å². The SMILES string of the molecule is CCC(Nc1ccc(CO)cc1)c1ccc(F)cc1. The highest BCUT2D eigenvalue weighted by Gasteiger charge is 2.09. The second-order valence-corrected chi connectivity index (χ2v) is 4.51. The molecule has 0 heterocycles. The molecule has 1 unspecified atom stereocenters. The van der Waals surface area contributed by atoms with Crippen molar-refractivity contribution in [2.24, 2.45) is 0 Å². The minimum atomic E-state index is -0.217. The van der Waals surface area contributed by atoms with Crippen LogP contribution in [0.4, 0.5) is 10.1 Å². The molecule has 0 saturated heterocycles. The van der Waals surface area contributed by atoms with E-state index in [-0.39, 0.29) is 18.5 Å². The van der Waals surface area contributed by atoms with Gasteiger partial charge in [-0.2, -0.15) is 0 Å². The number of hydrogen-bond donors (Lipinski definition) is 2. The second kappa shape index (κ2) is 6.34. The lowest BCUT2D eigenvalue weighted by Gasteiger charge is -2.19. The predicted octanol–water partition coefficient (Wildman–Crippen LogP) is 3.88. The summed E-state index contributed by atoms with van der Waals surface area (Å²) >= 11 is 0. The Bertz CT molecular complexity index is 507. The summed E-state index contributed by atoms with van der Waals surface area (Å²) in [5.41, 5.74) is 2.95. The molecule has 2 aromatic rings. The van der Waals surface area contributed by atoms with E-state index in [1.54, 1.807) is 12.1 Å². The lowest BCUT2D eigenvalue weighted by atomic mass is 10.0. The number of aliphatic hydroxyl groups is 1. The Morgan fingerprint density at radius 2 is 1.68 bits per heavy atom. The van der Waals surface area contributed by atoms with Gasteiger partial charge in [-0.3, -0.25) is 0 Å². The fourth-order valence-corrected chi connectivity index (χ4v) is 2.02. The Morgan fingerprint density at radius 3 is 2.21 bits per heavy atom. The highest BCUT2D eigenvalue weighted by molar-refractivity contribution is 5.46. The third-order valence-electron chi connectivity index (χ3n) is 3.16. The number of benzene rings is 2. The predicted molar refractivity (Wildman–Crippen MR) is 75.4 cm³/mol. The number of hydrogen-bond acceptors (Lipinski definition) is 2. The first-order valence-corrected chi connectivity index (χ1v) is 6.44. The molecule has 0 aliphatic heterocycles. The van der Waals surface area contributed by atoms with Gasteiger partial charge in [0.05, 0.1) is 12.6 Å². The van der Waals surface area contributed by atoms with Crippen LogP contribution >= 0.6 is 0 Å². The van der Waals surface area contributed by atoms with Crippen molar-refractivity contribution in [1.29, 1.82) is 0 Å². The summed E-state index contributed by atoms with van der Waals surface area (Å²) in [6.07, 6.45) is 0.910. The molecule has 0 aliphatic carbocycles. The molecule has 0 fully saturated rings. The smallest absolute Gasteiger partial charge is 0.123 e. The fourth-order valence-electron chi connectivity index (χ4n) is 2.02. The largest absolute Gasteiger partial charge is 0.392 e. The van der Waals surface area contributed by atoms with Crippen LogP contribution in [-0.4, -0.2) is 5.11 Å². The number of anilines is 1. The van der Waals surface area contributed by atoms with Crippen LogP contribution in [-0.2, 0) is 6.61 Å². The van der Waals surface area contributed by atoms with E-state index < -0.39 is 0 Å². The molecule has 100 valence electrons. The second-order valence-electron chi connectivity index (χ2n) is 4.51. The van der Waals surface area contributed by atoms with Gasteiger partial charge < -0.3 is 10.4 Å². The van der Waals surface area contributed by atoms with Gasteiger partial charge in [-0.05, 0) is 41.8 Å². The summed E-state index contributed by atoms with van der Waals surface area (Å²) in [5.74, 6) is -0.217. The molecule has 0 radical (unpaired) electrons. The summed E-state index contributed by atoms with van der Waals surface area (Å²) in [4.78, 5) is 0. The normalized spacial score (nSPS) is 12.2. The molecule has 0 bridgehead atoms. The number of halogens is 1. The van der Waals surface area contributed by atoms with Gasteiger partial charge >= 0.3 is 0 Å². The van der Waals surface area contributed by atoms with Crippen molar-refractivity contribution in [3.8, 4) is 0 Å². The first-order valence-electron chi connectivity index (χ1n) is 6.44. The Balaban J connectivity index is 2.11. The van der Waals surface area contributed by atoms with Gasteiger partial charge in [-0.1, -0.05) is 31.2 Å². The molecule has 0 aromatic heterocycles. The van der Waals surface area contributed by atoms with Gasteiger partial charge in [-0.15, -0.1) is 0 Å². The Kier molecular flexibility index (Phi) is 4.53. The van der Waals surface area contributed by atoms with Crippen molar-refractivity contribution in [1.82, 2.24) is 0 Å². The topological polar surface area (TPSA) is 32.3 Å². The first-order chi connectivity index (χ1) is 9.22. The molecule has 19 heavy (non-hydrogen) atoms. The summed E-state index contributed by atoms with van der Waals surface area (Å²) < 4.78 is 12.9. The number of rotatable bonds is 5. The first kappa shape index (κ1) is 13.6. The summed E-state index contributed by atoms with van der Waals surface area (Å²) in [6.45, 7) is 2.14. The quantitative estimate of drug-likeness (QED) is 0.854. The average molecular weight is 259 g/mol. The van der Waals surface area contributed by atoms with E-state index in [0.717, 1.165) is 23.2 Å². The highest BCUT2D eigenvalue weighted by Crippen LogP contribution is 2.23. The Morgan fingerprint density at radius 1 is 1.05 bits per heavy atom. The third kappa shape index (κ3) is 3.55. The molecule has 1 atom stereocenters. The maximum atomic E-state index is 12.9. The monoisotopic (exact) mass is 259 g/mol. The molecular weight excluding hydrogens is 241 g/mol. The van der Waals surface area contributed by atoms with Crippen LogP contribution < -0.4 is 5.32 Å². The van der Waals surface area contributed by atoms with Gasteiger partial charge in [0.1, 0.15) is 5.82 Å². The van der Waals surface area contributed by atoms with Crippen LogP contribution in [0.15, 0.2) is 48.5 Å². The van der Waals surface area contributed by atoms with Gasteiger partial charge in [0, 0.05) is 5.69 Å². The van der Waals surface area contributed by atoms with E-state index in [1.807, 2.05) is 24.3 Å².